The molecule has 166 valence electrons. The summed E-state index contributed by atoms with van der Waals surface area (Å²) in [5, 5.41) is 6.30. The van der Waals surface area contributed by atoms with Gasteiger partial charge in [0.15, 0.2) is 6.61 Å². The molecule has 3 rings (SSSR count). The summed E-state index contributed by atoms with van der Waals surface area (Å²) in [7, 11) is 0. The summed E-state index contributed by atoms with van der Waals surface area (Å²) < 4.78 is 5.53. The lowest BCUT2D eigenvalue weighted by Crippen LogP contribution is -2.20. The molecule has 0 aromatic heterocycles. The van der Waals surface area contributed by atoms with Gasteiger partial charge >= 0.3 is 0 Å². The number of hydrogen-bond acceptors (Lipinski definition) is 3. The highest BCUT2D eigenvalue weighted by Gasteiger charge is 2.09. The molecule has 6 heteroatoms. The van der Waals surface area contributed by atoms with Crippen molar-refractivity contribution in [1.29, 1.82) is 0 Å². The Bertz CT molecular complexity index is 1060. The van der Waals surface area contributed by atoms with Gasteiger partial charge < -0.3 is 15.4 Å². The molecule has 0 saturated carbocycles. The van der Waals surface area contributed by atoms with Crippen LogP contribution in [0.25, 0.3) is 0 Å². The largest absolute Gasteiger partial charge is 0.484 e. The summed E-state index contributed by atoms with van der Waals surface area (Å²) in [6, 6.07) is 19.8. The third-order valence-electron chi connectivity index (χ3n) is 4.98. The molecule has 0 bridgehead atoms. The van der Waals surface area contributed by atoms with Crippen LogP contribution in [-0.4, -0.2) is 18.4 Å². The van der Waals surface area contributed by atoms with Crippen LogP contribution in [0.15, 0.2) is 66.7 Å². The second-order valence-corrected chi connectivity index (χ2v) is 8.01. The molecule has 3 aromatic rings. The van der Waals surface area contributed by atoms with Gasteiger partial charge in [-0.05, 0) is 85.5 Å². The molecule has 0 aliphatic rings. The molecular formula is C26H27ClN2O3. The van der Waals surface area contributed by atoms with Gasteiger partial charge in [-0.1, -0.05) is 37.1 Å². The van der Waals surface area contributed by atoms with Gasteiger partial charge in [0.1, 0.15) is 5.75 Å². The number of halogens is 1. The molecule has 2 amide bonds. The number of benzene rings is 3. The van der Waals surface area contributed by atoms with E-state index in [0.717, 1.165) is 30.5 Å². The van der Waals surface area contributed by atoms with Gasteiger partial charge in [-0.2, -0.15) is 0 Å². The van der Waals surface area contributed by atoms with Crippen LogP contribution in [-0.2, 0) is 11.2 Å². The van der Waals surface area contributed by atoms with Gasteiger partial charge in [-0.3, -0.25) is 9.59 Å². The second kappa shape index (κ2) is 11.3. The molecule has 0 aliphatic carbocycles. The second-order valence-electron chi connectivity index (χ2n) is 7.58. The zero-order valence-electron chi connectivity index (χ0n) is 18.3. The predicted molar refractivity (Wildman–Crippen MR) is 130 cm³/mol. The normalized spacial score (nSPS) is 10.5. The number of unbranched alkanes of at least 4 members (excludes halogenated alkanes) is 1. The lowest BCUT2D eigenvalue weighted by molar-refractivity contribution is -0.118. The molecule has 3 aromatic carbocycles. The smallest absolute Gasteiger partial charge is 0.262 e. The number of rotatable bonds is 9. The van der Waals surface area contributed by atoms with Crippen molar-refractivity contribution in [3.63, 3.8) is 0 Å². The number of carbonyl (C=O) groups excluding carboxylic acids is 2. The number of nitrogens with one attached hydrogen (secondary N) is 2. The highest BCUT2D eigenvalue weighted by Crippen LogP contribution is 2.20. The van der Waals surface area contributed by atoms with Crippen molar-refractivity contribution in [3.05, 3.63) is 88.4 Å². The molecule has 5 nitrogen and oxygen atoms in total. The predicted octanol–water partition coefficient (Wildman–Crippen LogP) is 6.26. The molecule has 0 radical (unpaired) electrons. The van der Waals surface area contributed by atoms with E-state index in [2.05, 4.69) is 17.6 Å². The average molecular weight is 451 g/mol. The van der Waals surface area contributed by atoms with Crippen molar-refractivity contribution in [3.8, 4) is 5.75 Å². The Morgan fingerprint density at radius 1 is 0.938 bits per heavy atom. The summed E-state index contributed by atoms with van der Waals surface area (Å²) in [6.07, 6.45) is 3.36. The molecule has 0 aliphatic heterocycles. The van der Waals surface area contributed by atoms with Crippen molar-refractivity contribution >= 4 is 34.8 Å². The Labute approximate surface area is 193 Å². The maximum absolute atomic E-state index is 12.5. The highest BCUT2D eigenvalue weighted by molar-refractivity contribution is 6.30. The maximum Gasteiger partial charge on any atom is 0.262 e. The quantitative estimate of drug-likeness (QED) is 0.404. The number of aryl methyl sites for hydroxylation is 2. The molecule has 2 N–H and O–H groups in total. The lowest BCUT2D eigenvalue weighted by Gasteiger charge is -2.10. The van der Waals surface area contributed by atoms with E-state index in [0.29, 0.717) is 22.0 Å². The first-order valence-electron chi connectivity index (χ1n) is 10.6. The summed E-state index contributed by atoms with van der Waals surface area (Å²) in [5.74, 6) is 0.0262. The molecule has 0 unspecified atom stereocenters. The molecule has 0 saturated heterocycles. The Morgan fingerprint density at radius 3 is 2.31 bits per heavy atom. The van der Waals surface area contributed by atoms with Crippen LogP contribution in [0, 0.1) is 6.92 Å². The molecule has 0 spiro atoms. The Kier molecular flexibility index (Phi) is 8.28. The van der Waals surface area contributed by atoms with E-state index in [1.807, 2.05) is 31.2 Å². The topological polar surface area (TPSA) is 67.4 Å². The Balaban J connectivity index is 1.49. The fourth-order valence-electron chi connectivity index (χ4n) is 3.14. The Hall–Kier alpha value is -3.31. The monoisotopic (exact) mass is 450 g/mol. The highest BCUT2D eigenvalue weighted by atomic mass is 35.5. The molecule has 0 heterocycles. The van der Waals surface area contributed by atoms with Gasteiger partial charge in [0.05, 0.1) is 0 Å². The van der Waals surface area contributed by atoms with Crippen molar-refractivity contribution in [2.24, 2.45) is 0 Å². The third kappa shape index (κ3) is 6.86. The SMILES string of the molecule is CCCCc1ccc(NC(=O)c2ccc(OCC(=O)Nc3ccc(Cl)cc3C)cc2)cc1. The standard InChI is InChI=1S/C26H27ClN2O3/c1-3-4-5-19-6-11-22(12-7-19)28-26(31)20-8-13-23(14-9-20)32-17-25(30)29-24-15-10-21(27)16-18(24)2/h6-16H,3-5,17H2,1-2H3,(H,28,31)(H,29,30). The van der Waals surface area contributed by atoms with Gasteiger partial charge in [-0.15, -0.1) is 0 Å². The van der Waals surface area contributed by atoms with E-state index in [1.54, 1.807) is 42.5 Å². The van der Waals surface area contributed by atoms with Crippen LogP contribution in [0.3, 0.4) is 0 Å². The number of ether oxygens (including phenoxy) is 1. The first kappa shape index (κ1) is 23.4. The minimum absolute atomic E-state index is 0.141. The van der Waals surface area contributed by atoms with Crippen LogP contribution in [0.2, 0.25) is 5.02 Å². The van der Waals surface area contributed by atoms with Crippen LogP contribution < -0.4 is 15.4 Å². The number of amides is 2. The first-order valence-corrected chi connectivity index (χ1v) is 11.0. The maximum atomic E-state index is 12.5. The molecule has 0 fully saturated rings. The van der Waals surface area contributed by atoms with Gasteiger partial charge in [-0.25, -0.2) is 0 Å². The van der Waals surface area contributed by atoms with Gasteiger partial charge in [0.25, 0.3) is 11.8 Å². The van der Waals surface area contributed by atoms with Crippen LogP contribution in [0.5, 0.6) is 5.75 Å². The van der Waals surface area contributed by atoms with Crippen molar-refractivity contribution in [2.45, 2.75) is 33.1 Å². The molecular weight excluding hydrogens is 424 g/mol. The molecule has 32 heavy (non-hydrogen) atoms. The summed E-state index contributed by atoms with van der Waals surface area (Å²) in [5.41, 5.74) is 4.09. The first-order chi connectivity index (χ1) is 15.4. The number of anilines is 2. The third-order valence-corrected chi connectivity index (χ3v) is 5.21. The van der Waals surface area contributed by atoms with E-state index in [1.165, 1.54) is 5.56 Å². The van der Waals surface area contributed by atoms with Crippen molar-refractivity contribution in [2.75, 3.05) is 17.2 Å². The number of carbonyl (C=O) groups is 2. The lowest BCUT2D eigenvalue weighted by atomic mass is 10.1. The van der Waals surface area contributed by atoms with Crippen molar-refractivity contribution < 1.29 is 14.3 Å². The summed E-state index contributed by atoms with van der Waals surface area (Å²) >= 11 is 5.93. The number of hydrogen-bond donors (Lipinski definition) is 2. The zero-order chi connectivity index (χ0) is 22.9. The van der Waals surface area contributed by atoms with Gasteiger partial charge in [0, 0.05) is 22.0 Å². The fraction of sp³-hybridized carbons (Fsp3) is 0.231. The van der Waals surface area contributed by atoms with Crippen LogP contribution >= 0.6 is 11.6 Å². The van der Waals surface area contributed by atoms with E-state index in [4.69, 9.17) is 16.3 Å². The Morgan fingerprint density at radius 2 is 1.66 bits per heavy atom. The van der Waals surface area contributed by atoms with E-state index < -0.39 is 0 Å². The minimum atomic E-state index is -0.278. The van der Waals surface area contributed by atoms with Crippen molar-refractivity contribution in [1.82, 2.24) is 0 Å². The van der Waals surface area contributed by atoms with E-state index in [9.17, 15) is 9.59 Å². The van der Waals surface area contributed by atoms with Crippen LogP contribution in [0.4, 0.5) is 11.4 Å². The van der Waals surface area contributed by atoms with Gasteiger partial charge in [0.2, 0.25) is 0 Å². The van der Waals surface area contributed by atoms with E-state index >= 15 is 0 Å². The summed E-state index contributed by atoms with van der Waals surface area (Å²) in [4.78, 5) is 24.6. The zero-order valence-corrected chi connectivity index (χ0v) is 19.0. The molecule has 0 atom stereocenters. The van der Waals surface area contributed by atoms with Crippen LogP contribution in [0.1, 0.15) is 41.3 Å². The van der Waals surface area contributed by atoms with E-state index in [-0.39, 0.29) is 18.4 Å². The summed E-state index contributed by atoms with van der Waals surface area (Å²) in [6.45, 7) is 3.90. The fourth-order valence-corrected chi connectivity index (χ4v) is 3.37. The minimum Gasteiger partial charge on any atom is -0.484 e. The average Bonchev–Trinajstić information content (AvgIpc) is 2.79.